The van der Waals surface area contributed by atoms with Crippen molar-refractivity contribution in [3.63, 3.8) is 0 Å². The van der Waals surface area contributed by atoms with E-state index in [2.05, 4.69) is 5.10 Å². The standard InChI is InChI=1S/C15H16FN3O2/c16-11-6-2-3-7-12(11)19-10-13(20)14(17-19)15(21)18-8-4-1-5-9-18/h2-3,6-7,10,20H,1,4-5,8-9H2. The Labute approximate surface area is 121 Å². The first-order valence-corrected chi connectivity index (χ1v) is 6.99. The van der Waals surface area contributed by atoms with Gasteiger partial charge in [-0.3, -0.25) is 4.79 Å². The summed E-state index contributed by atoms with van der Waals surface area (Å²) in [4.78, 5) is 14.0. The van der Waals surface area contributed by atoms with Gasteiger partial charge in [-0.2, -0.15) is 5.10 Å². The molecular weight excluding hydrogens is 273 g/mol. The largest absolute Gasteiger partial charge is 0.504 e. The summed E-state index contributed by atoms with van der Waals surface area (Å²) in [7, 11) is 0. The Morgan fingerprint density at radius 2 is 1.90 bits per heavy atom. The van der Waals surface area contributed by atoms with E-state index in [0.29, 0.717) is 13.1 Å². The summed E-state index contributed by atoms with van der Waals surface area (Å²) in [5.74, 6) is -0.993. The van der Waals surface area contributed by atoms with Crippen molar-refractivity contribution in [2.45, 2.75) is 19.3 Å². The summed E-state index contributed by atoms with van der Waals surface area (Å²) in [6.07, 6.45) is 4.29. The zero-order valence-electron chi connectivity index (χ0n) is 11.5. The van der Waals surface area contributed by atoms with Crippen molar-refractivity contribution >= 4 is 5.91 Å². The number of benzene rings is 1. The van der Waals surface area contributed by atoms with Crippen molar-refractivity contribution in [3.8, 4) is 11.4 Å². The van der Waals surface area contributed by atoms with E-state index in [4.69, 9.17) is 0 Å². The second kappa shape index (κ2) is 5.55. The lowest BCUT2D eigenvalue weighted by Gasteiger charge is -2.25. The average Bonchev–Trinajstić information content (AvgIpc) is 2.89. The van der Waals surface area contributed by atoms with Crippen LogP contribution >= 0.6 is 0 Å². The van der Waals surface area contributed by atoms with Crippen molar-refractivity contribution in [1.29, 1.82) is 0 Å². The van der Waals surface area contributed by atoms with Crippen LogP contribution in [0.3, 0.4) is 0 Å². The minimum absolute atomic E-state index is 0.0276. The molecule has 1 aromatic heterocycles. The zero-order valence-corrected chi connectivity index (χ0v) is 11.5. The van der Waals surface area contributed by atoms with Gasteiger partial charge in [-0.05, 0) is 31.4 Å². The second-order valence-electron chi connectivity index (χ2n) is 5.11. The molecule has 2 aromatic rings. The first-order valence-electron chi connectivity index (χ1n) is 6.99. The van der Waals surface area contributed by atoms with Crippen LogP contribution in [0.15, 0.2) is 30.5 Å². The van der Waals surface area contributed by atoms with Gasteiger partial charge in [0.1, 0.15) is 11.5 Å². The third kappa shape index (κ3) is 2.61. The summed E-state index contributed by atoms with van der Waals surface area (Å²) in [5.41, 5.74) is 0.172. The topological polar surface area (TPSA) is 58.4 Å². The summed E-state index contributed by atoms with van der Waals surface area (Å²) >= 11 is 0. The maximum Gasteiger partial charge on any atom is 0.278 e. The molecule has 0 radical (unpaired) electrons. The SMILES string of the molecule is O=C(c1nn(-c2ccccc2F)cc1O)N1CCCCC1. The molecule has 1 aromatic carbocycles. The Bertz CT molecular complexity index is 663. The summed E-state index contributed by atoms with van der Waals surface area (Å²) in [5, 5.41) is 14.0. The molecule has 21 heavy (non-hydrogen) atoms. The number of aromatic hydroxyl groups is 1. The van der Waals surface area contributed by atoms with Crippen molar-refractivity contribution in [2.75, 3.05) is 13.1 Å². The second-order valence-corrected chi connectivity index (χ2v) is 5.11. The van der Waals surface area contributed by atoms with Crippen molar-refractivity contribution in [3.05, 3.63) is 42.0 Å². The molecule has 1 fully saturated rings. The molecule has 5 nitrogen and oxygen atoms in total. The molecule has 0 bridgehead atoms. The quantitative estimate of drug-likeness (QED) is 0.923. The number of nitrogens with zero attached hydrogens (tertiary/aromatic N) is 3. The monoisotopic (exact) mass is 289 g/mol. The summed E-state index contributed by atoms with van der Waals surface area (Å²) in [6, 6.07) is 6.09. The fraction of sp³-hybridized carbons (Fsp3) is 0.333. The highest BCUT2D eigenvalue weighted by molar-refractivity contribution is 5.94. The Morgan fingerprint density at radius 1 is 1.19 bits per heavy atom. The van der Waals surface area contributed by atoms with Crippen LogP contribution in [0.4, 0.5) is 4.39 Å². The van der Waals surface area contributed by atoms with Crippen LogP contribution in [0.25, 0.3) is 5.69 Å². The van der Waals surface area contributed by atoms with Gasteiger partial charge < -0.3 is 10.0 Å². The molecule has 0 unspecified atom stereocenters. The van der Waals surface area contributed by atoms with Gasteiger partial charge in [0.25, 0.3) is 5.91 Å². The predicted octanol–water partition coefficient (Wildman–Crippen LogP) is 2.34. The number of para-hydroxylation sites is 1. The van der Waals surface area contributed by atoms with Crippen LogP contribution in [0.2, 0.25) is 0 Å². The molecule has 2 heterocycles. The molecule has 1 amide bonds. The number of carbonyl (C=O) groups excluding carboxylic acids is 1. The van der Waals surface area contributed by atoms with E-state index >= 15 is 0 Å². The molecule has 1 N–H and O–H groups in total. The van der Waals surface area contributed by atoms with Gasteiger partial charge in [0.15, 0.2) is 11.4 Å². The van der Waals surface area contributed by atoms with E-state index in [1.807, 2.05) is 0 Å². The van der Waals surface area contributed by atoms with Gasteiger partial charge >= 0.3 is 0 Å². The van der Waals surface area contributed by atoms with E-state index in [0.717, 1.165) is 19.3 Å². The minimum Gasteiger partial charge on any atom is -0.504 e. The predicted molar refractivity (Wildman–Crippen MR) is 74.9 cm³/mol. The Balaban J connectivity index is 1.91. The fourth-order valence-corrected chi connectivity index (χ4v) is 2.52. The van der Waals surface area contributed by atoms with Crippen LogP contribution < -0.4 is 0 Å². The third-order valence-electron chi connectivity index (χ3n) is 3.64. The number of hydrogen-bond donors (Lipinski definition) is 1. The van der Waals surface area contributed by atoms with Crippen LogP contribution in [-0.4, -0.2) is 38.8 Å². The van der Waals surface area contributed by atoms with E-state index in [9.17, 15) is 14.3 Å². The van der Waals surface area contributed by atoms with Crippen molar-refractivity contribution in [1.82, 2.24) is 14.7 Å². The molecule has 110 valence electrons. The first-order chi connectivity index (χ1) is 10.2. The van der Waals surface area contributed by atoms with E-state index < -0.39 is 5.82 Å². The molecule has 1 aliphatic heterocycles. The zero-order chi connectivity index (χ0) is 14.8. The van der Waals surface area contributed by atoms with Crippen LogP contribution in [-0.2, 0) is 0 Å². The molecule has 0 spiro atoms. The molecule has 1 aliphatic rings. The number of carbonyl (C=O) groups is 1. The molecule has 0 aliphatic carbocycles. The molecule has 3 rings (SSSR count). The molecule has 1 saturated heterocycles. The lowest BCUT2D eigenvalue weighted by molar-refractivity contribution is 0.0715. The smallest absolute Gasteiger partial charge is 0.278 e. The summed E-state index contributed by atoms with van der Waals surface area (Å²) in [6.45, 7) is 1.34. The van der Waals surface area contributed by atoms with Crippen molar-refractivity contribution in [2.24, 2.45) is 0 Å². The van der Waals surface area contributed by atoms with Crippen LogP contribution in [0.5, 0.6) is 5.75 Å². The number of amides is 1. The van der Waals surface area contributed by atoms with Gasteiger partial charge in [0.05, 0.1) is 6.20 Å². The molecule has 6 heteroatoms. The molecule has 0 saturated carbocycles. The number of piperidine rings is 1. The van der Waals surface area contributed by atoms with Gasteiger partial charge in [-0.15, -0.1) is 0 Å². The van der Waals surface area contributed by atoms with Gasteiger partial charge in [0, 0.05) is 13.1 Å². The minimum atomic E-state index is -0.461. The number of aromatic nitrogens is 2. The Hall–Kier alpha value is -2.37. The maximum absolute atomic E-state index is 13.7. The van der Waals surface area contributed by atoms with E-state index in [-0.39, 0.29) is 23.0 Å². The first kappa shape index (κ1) is 13.6. The van der Waals surface area contributed by atoms with Crippen LogP contribution in [0.1, 0.15) is 29.8 Å². The lowest BCUT2D eigenvalue weighted by Crippen LogP contribution is -2.35. The van der Waals surface area contributed by atoms with Gasteiger partial charge in [-0.1, -0.05) is 12.1 Å². The number of halogens is 1. The number of rotatable bonds is 2. The highest BCUT2D eigenvalue weighted by atomic mass is 19.1. The van der Waals surface area contributed by atoms with Gasteiger partial charge in [0.2, 0.25) is 0 Å². The fourth-order valence-electron chi connectivity index (χ4n) is 2.52. The molecular formula is C15H16FN3O2. The Kier molecular flexibility index (Phi) is 3.60. The van der Waals surface area contributed by atoms with Crippen LogP contribution in [0, 0.1) is 5.82 Å². The third-order valence-corrected chi connectivity index (χ3v) is 3.64. The Morgan fingerprint density at radius 3 is 2.62 bits per heavy atom. The highest BCUT2D eigenvalue weighted by Gasteiger charge is 2.24. The summed E-state index contributed by atoms with van der Waals surface area (Å²) < 4.78 is 14.9. The average molecular weight is 289 g/mol. The van der Waals surface area contributed by atoms with Crippen molar-refractivity contribution < 1.29 is 14.3 Å². The number of hydrogen-bond acceptors (Lipinski definition) is 3. The van der Waals surface area contributed by atoms with E-state index in [1.165, 1.54) is 23.0 Å². The normalized spacial score (nSPS) is 15.2. The lowest BCUT2D eigenvalue weighted by atomic mass is 10.1. The highest BCUT2D eigenvalue weighted by Crippen LogP contribution is 2.22. The number of likely N-dealkylation sites (tertiary alicyclic amines) is 1. The maximum atomic E-state index is 13.7. The molecule has 0 atom stereocenters. The van der Waals surface area contributed by atoms with E-state index in [1.54, 1.807) is 17.0 Å². The van der Waals surface area contributed by atoms with Gasteiger partial charge in [-0.25, -0.2) is 9.07 Å².